The fourth-order valence-electron chi connectivity index (χ4n) is 3.52. The van der Waals surface area contributed by atoms with Gasteiger partial charge in [0.2, 0.25) is 0 Å². The molecule has 3 aromatic rings. The van der Waals surface area contributed by atoms with E-state index in [-0.39, 0.29) is 24.5 Å². The Morgan fingerprint density at radius 2 is 1.61 bits per heavy atom. The van der Waals surface area contributed by atoms with Gasteiger partial charge in [0.1, 0.15) is 23.9 Å². The molecule has 0 atom stereocenters. The van der Waals surface area contributed by atoms with E-state index in [4.69, 9.17) is 9.47 Å². The molecule has 1 aliphatic rings. The first-order chi connectivity index (χ1) is 17.3. The van der Waals surface area contributed by atoms with Gasteiger partial charge in [0, 0.05) is 6.54 Å². The fourth-order valence-corrected chi connectivity index (χ4v) is 3.52. The molecular weight excluding hydrogens is 469 g/mol. The van der Waals surface area contributed by atoms with Crippen LogP contribution >= 0.6 is 0 Å². The smallest absolute Gasteiger partial charge is 0.331 e. The Morgan fingerprint density at radius 3 is 2.25 bits per heavy atom. The normalized spacial score (nSPS) is 12.9. The second-order valence-corrected chi connectivity index (χ2v) is 7.93. The zero-order valence-corrected chi connectivity index (χ0v) is 19.2. The van der Waals surface area contributed by atoms with Crippen molar-refractivity contribution in [2.75, 3.05) is 7.11 Å². The maximum absolute atomic E-state index is 13.0. The summed E-state index contributed by atoms with van der Waals surface area (Å²) in [4.78, 5) is 48.7. The molecule has 0 saturated carbocycles. The predicted molar refractivity (Wildman–Crippen MR) is 125 cm³/mol. The van der Waals surface area contributed by atoms with Gasteiger partial charge in [0.25, 0.3) is 5.91 Å². The molecule has 1 heterocycles. The molecule has 0 radical (unpaired) electrons. The summed E-state index contributed by atoms with van der Waals surface area (Å²) >= 11 is 0. The Bertz CT molecular complexity index is 1310. The second kappa shape index (κ2) is 10.7. The molecule has 10 heteroatoms. The number of imide groups is 2. The molecule has 0 aliphatic carbocycles. The number of methoxy groups -OCH3 is 1. The van der Waals surface area contributed by atoms with E-state index < -0.39 is 23.8 Å². The van der Waals surface area contributed by atoms with Gasteiger partial charge >= 0.3 is 17.8 Å². The van der Waals surface area contributed by atoms with Crippen LogP contribution < -0.4 is 20.1 Å². The van der Waals surface area contributed by atoms with Crippen molar-refractivity contribution in [2.45, 2.75) is 19.7 Å². The van der Waals surface area contributed by atoms with Crippen molar-refractivity contribution in [1.82, 2.24) is 15.5 Å². The maximum Gasteiger partial charge on any atom is 0.331 e. The number of hydrogen-bond donors (Lipinski definition) is 2. The molecular formula is C26H22FN3O6. The SMILES string of the molecule is COc1ccc(CN2C(=O)NC(=O)C2=O)cc1C(=O)NCc1ccc(OCc2ccc(F)cc2)cc1. The number of nitrogens with zero attached hydrogens (tertiary/aromatic N) is 1. The number of carbonyl (C=O) groups excluding carboxylic acids is 4. The van der Waals surface area contributed by atoms with Crippen LogP contribution in [0.3, 0.4) is 0 Å². The van der Waals surface area contributed by atoms with Crippen molar-refractivity contribution in [3.63, 3.8) is 0 Å². The zero-order chi connectivity index (χ0) is 25.7. The van der Waals surface area contributed by atoms with Gasteiger partial charge in [-0.1, -0.05) is 30.3 Å². The highest BCUT2D eigenvalue weighted by atomic mass is 19.1. The van der Waals surface area contributed by atoms with Gasteiger partial charge in [-0.3, -0.25) is 24.6 Å². The summed E-state index contributed by atoms with van der Waals surface area (Å²) in [5.41, 5.74) is 2.35. The molecule has 0 bridgehead atoms. The molecule has 9 nitrogen and oxygen atoms in total. The molecule has 0 spiro atoms. The van der Waals surface area contributed by atoms with Crippen LogP contribution in [0.15, 0.2) is 66.7 Å². The maximum atomic E-state index is 13.0. The number of halogens is 1. The topological polar surface area (TPSA) is 114 Å². The van der Waals surface area contributed by atoms with Gasteiger partial charge in [0.15, 0.2) is 0 Å². The second-order valence-electron chi connectivity index (χ2n) is 7.93. The first kappa shape index (κ1) is 24.4. The molecule has 5 amide bonds. The molecule has 4 rings (SSSR count). The lowest BCUT2D eigenvalue weighted by Crippen LogP contribution is -2.30. The highest BCUT2D eigenvalue weighted by Gasteiger charge is 2.36. The van der Waals surface area contributed by atoms with Gasteiger partial charge in [0.05, 0.1) is 19.2 Å². The fraction of sp³-hybridized carbons (Fsp3) is 0.154. The van der Waals surface area contributed by atoms with Crippen molar-refractivity contribution in [3.05, 3.63) is 94.8 Å². The molecule has 1 aliphatic heterocycles. The lowest BCUT2D eigenvalue weighted by molar-refractivity contribution is -0.140. The van der Waals surface area contributed by atoms with E-state index in [1.807, 2.05) is 17.4 Å². The van der Waals surface area contributed by atoms with Crippen molar-refractivity contribution < 1.29 is 33.0 Å². The summed E-state index contributed by atoms with van der Waals surface area (Å²) in [7, 11) is 1.42. The van der Waals surface area contributed by atoms with Crippen LogP contribution in [0, 0.1) is 5.82 Å². The minimum atomic E-state index is -0.988. The first-order valence-electron chi connectivity index (χ1n) is 10.9. The highest BCUT2D eigenvalue weighted by molar-refractivity contribution is 6.44. The number of ether oxygens (including phenoxy) is 2. The van der Waals surface area contributed by atoms with Crippen LogP contribution in [0.25, 0.3) is 0 Å². The van der Waals surface area contributed by atoms with E-state index in [1.165, 1.54) is 25.3 Å². The summed E-state index contributed by atoms with van der Waals surface area (Å²) in [5.74, 6) is -1.72. The number of carbonyl (C=O) groups is 4. The lowest BCUT2D eigenvalue weighted by Gasteiger charge is -2.14. The number of nitrogens with one attached hydrogen (secondary N) is 2. The van der Waals surface area contributed by atoms with Crippen molar-refractivity contribution in [1.29, 1.82) is 0 Å². The molecule has 0 unspecified atom stereocenters. The van der Waals surface area contributed by atoms with Gasteiger partial charge < -0.3 is 14.8 Å². The number of amides is 5. The third-order valence-electron chi connectivity index (χ3n) is 5.45. The van der Waals surface area contributed by atoms with Crippen molar-refractivity contribution in [3.8, 4) is 11.5 Å². The minimum absolute atomic E-state index is 0.167. The van der Waals surface area contributed by atoms with E-state index in [1.54, 1.807) is 36.4 Å². The first-order valence-corrected chi connectivity index (χ1v) is 10.9. The van der Waals surface area contributed by atoms with Gasteiger partial charge in [-0.15, -0.1) is 0 Å². The van der Waals surface area contributed by atoms with Crippen molar-refractivity contribution >= 4 is 23.8 Å². The van der Waals surface area contributed by atoms with Crippen LogP contribution in [-0.2, 0) is 29.3 Å². The Labute approximate surface area is 205 Å². The van der Waals surface area contributed by atoms with E-state index in [0.29, 0.717) is 23.7 Å². The molecule has 2 N–H and O–H groups in total. The Balaban J connectivity index is 1.36. The third kappa shape index (κ3) is 5.66. The summed E-state index contributed by atoms with van der Waals surface area (Å²) in [6.07, 6.45) is 0. The third-order valence-corrected chi connectivity index (χ3v) is 5.45. The van der Waals surface area contributed by atoms with E-state index in [2.05, 4.69) is 5.32 Å². The standard InChI is InChI=1S/C26H22FN3O6/c1-35-22-11-6-18(14-30-25(33)24(32)29-26(30)34)12-21(22)23(31)28-13-16-4-9-20(10-5-16)36-15-17-2-7-19(27)8-3-17/h2-12H,13-15H2,1H3,(H,28,31)(H,29,32,34). The van der Waals surface area contributed by atoms with Gasteiger partial charge in [-0.2, -0.15) is 0 Å². The van der Waals surface area contributed by atoms with Gasteiger partial charge in [-0.25, -0.2) is 9.18 Å². The Hall–Kier alpha value is -4.73. The largest absolute Gasteiger partial charge is 0.496 e. The molecule has 36 heavy (non-hydrogen) atoms. The highest BCUT2D eigenvalue weighted by Crippen LogP contribution is 2.22. The molecule has 0 aromatic heterocycles. The number of benzene rings is 3. The average molecular weight is 491 g/mol. The van der Waals surface area contributed by atoms with Crippen molar-refractivity contribution in [2.24, 2.45) is 0 Å². The molecule has 1 fully saturated rings. The van der Waals surface area contributed by atoms with E-state index in [9.17, 15) is 23.6 Å². The quantitative estimate of drug-likeness (QED) is 0.352. The number of urea groups is 1. The van der Waals surface area contributed by atoms with Crippen LogP contribution in [0.4, 0.5) is 9.18 Å². The van der Waals surface area contributed by atoms with Crippen LogP contribution in [0.2, 0.25) is 0 Å². The minimum Gasteiger partial charge on any atom is -0.496 e. The number of rotatable bonds is 9. The summed E-state index contributed by atoms with van der Waals surface area (Å²) < 4.78 is 24.0. The zero-order valence-electron chi connectivity index (χ0n) is 19.2. The Kier molecular flexibility index (Phi) is 7.24. The predicted octanol–water partition coefficient (Wildman–Crippen LogP) is 2.92. The lowest BCUT2D eigenvalue weighted by atomic mass is 10.1. The van der Waals surface area contributed by atoms with E-state index in [0.717, 1.165) is 16.0 Å². The van der Waals surface area contributed by atoms with Crippen LogP contribution in [-0.4, -0.2) is 35.8 Å². The monoisotopic (exact) mass is 491 g/mol. The average Bonchev–Trinajstić information content (AvgIpc) is 3.13. The summed E-state index contributed by atoms with van der Waals surface area (Å²) in [6.45, 7) is 0.359. The molecule has 3 aromatic carbocycles. The summed E-state index contributed by atoms with van der Waals surface area (Å²) in [6, 6.07) is 17.1. The molecule has 1 saturated heterocycles. The summed E-state index contributed by atoms with van der Waals surface area (Å²) in [5, 5.41) is 4.74. The van der Waals surface area contributed by atoms with Crippen LogP contribution in [0.1, 0.15) is 27.0 Å². The number of hydrogen-bond acceptors (Lipinski definition) is 6. The molecule has 184 valence electrons. The Morgan fingerprint density at radius 1 is 0.944 bits per heavy atom. The van der Waals surface area contributed by atoms with Gasteiger partial charge in [-0.05, 0) is 53.1 Å². The van der Waals surface area contributed by atoms with Crippen LogP contribution in [0.5, 0.6) is 11.5 Å². The van der Waals surface area contributed by atoms with E-state index >= 15 is 0 Å².